The lowest BCUT2D eigenvalue weighted by Crippen LogP contribution is -2.32. The first-order valence-corrected chi connectivity index (χ1v) is 9.00. The topological polar surface area (TPSA) is 77.9 Å². The van der Waals surface area contributed by atoms with Crippen molar-refractivity contribution >= 4 is 23.5 Å². The van der Waals surface area contributed by atoms with Gasteiger partial charge in [0.05, 0.1) is 0 Å². The molecular formula is C21H22N2O4. The molecule has 3 rings (SSSR count). The standard InChI is InChI=1S/C21H22N2O4/c1-3-22(4-2)19(24)14-9-11-15(12-10-14)20(25)23-13-17(21(26)27)16-7-5-6-8-18(16)23/h5-12,17H,3-4,13H2,1-2H3,(H,26,27). The fourth-order valence-corrected chi connectivity index (χ4v) is 3.42. The SMILES string of the molecule is CCN(CC)C(=O)c1ccc(C(=O)N2CC(C(=O)O)c3ccccc32)cc1. The van der Waals surface area contributed by atoms with Crippen molar-refractivity contribution in [1.29, 1.82) is 0 Å². The highest BCUT2D eigenvalue weighted by Gasteiger charge is 2.36. The molecule has 6 heteroatoms. The van der Waals surface area contributed by atoms with Crippen LogP contribution in [0.3, 0.4) is 0 Å². The maximum atomic E-state index is 12.9. The summed E-state index contributed by atoms with van der Waals surface area (Å²) < 4.78 is 0. The third-order valence-corrected chi connectivity index (χ3v) is 4.94. The van der Waals surface area contributed by atoms with Gasteiger partial charge in [-0.15, -0.1) is 0 Å². The third-order valence-electron chi connectivity index (χ3n) is 4.94. The zero-order valence-electron chi connectivity index (χ0n) is 15.4. The van der Waals surface area contributed by atoms with Gasteiger partial charge >= 0.3 is 5.97 Å². The molecule has 0 saturated carbocycles. The lowest BCUT2D eigenvalue weighted by Gasteiger charge is -2.20. The van der Waals surface area contributed by atoms with Crippen LogP contribution in [0.1, 0.15) is 46.0 Å². The maximum Gasteiger partial charge on any atom is 0.312 e. The first-order valence-electron chi connectivity index (χ1n) is 9.00. The van der Waals surface area contributed by atoms with Crippen LogP contribution in [0.5, 0.6) is 0 Å². The van der Waals surface area contributed by atoms with Crippen LogP contribution in [0.4, 0.5) is 5.69 Å². The second-order valence-electron chi connectivity index (χ2n) is 6.42. The lowest BCUT2D eigenvalue weighted by atomic mass is 10.0. The number of hydrogen-bond acceptors (Lipinski definition) is 3. The Labute approximate surface area is 158 Å². The highest BCUT2D eigenvalue weighted by atomic mass is 16.4. The average molecular weight is 366 g/mol. The summed E-state index contributed by atoms with van der Waals surface area (Å²) >= 11 is 0. The molecule has 0 spiro atoms. The van der Waals surface area contributed by atoms with E-state index >= 15 is 0 Å². The highest BCUT2D eigenvalue weighted by Crippen LogP contribution is 2.37. The summed E-state index contributed by atoms with van der Waals surface area (Å²) in [6.07, 6.45) is 0. The van der Waals surface area contributed by atoms with E-state index in [1.807, 2.05) is 13.8 Å². The number of carbonyl (C=O) groups excluding carboxylic acids is 2. The molecule has 2 aromatic carbocycles. The van der Waals surface area contributed by atoms with Crippen molar-refractivity contribution in [2.75, 3.05) is 24.5 Å². The maximum absolute atomic E-state index is 12.9. The number of hydrogen-bond donors (Lipinski definition) is 1. The minimum atomic E-state index is -0.946. The molecule has 6 nitrogen and oxygen atoms in total. The second kappa shape index (κ2) is 7.61. The van der Waals surface area contributed by atoms with E-state index in [-0.39, 0.29) is 18.4 Å². The summed E-state index contributed by atoms with van der Waals surface area (Å²) in [5.41, 5.74) is 2.22. The number of aliphatic carboxylic acids is 1. The van der Waals surface area contributed by atoms with E-state index in [2.05, 4.69) is 0 Å². The van der Waals surface area contributed by atoms with E-state index in [0.717, 1.165) is 0 Å². The number of para-hydroxylation sites is 1. The number of benzene rings is 2. The lowest BCUT2D eigenvalue weighted by molar-refractivity contribution is -0.138. The van der Waals surface area contributed by atoms with Crippen molar-refractivity contribution in [3.8, 4) is 0 Å². The van der Waals surface area contributed by atoms with Crippen LogP contribution in [0.2, 0.25) is 0 Å². The molecule has 1 heterocycles. The molecule has 0 bridgehead atoms. The van der Waals surface area contributed by atoms with Crippen LogP contribution >= 0.6 is 0 Å². The molecule has 0 aliphatic carbocycles. The van der Waals surface area contributed by atoms with Gasteiger partial charge < -0.3 is 14.9 Å². The largest absolute Gasteiger partial charge is 0.481 e. The van der Waals surface area contributed by atoms with Gasteiger partial charge in [-0.2, -0.15) is 0 Å². The number of amides is 2. The monoisotopic (exact) mass is 366 g/mol. The van der Waals surface area contributed by atoms with Crippen molar-refractivity contribution in [3.63, 3.8) is 0 Å². The Hall–Kier alpha value is -3.15. The van der Waals surface area contributed by atoms with Crippen molar-refractivity contribution in [1.82, 2.24) is 4.90 Å². The quantitative estimate of drug-likeness (QED) is 0.882. The van der Waals surface area contributed by atoms with Crippen LogP contribution in [0, 0.1) is 0 Å². The van der Waals surface area contributed by atoms with Crippen LogP contribution in [-0.2, 0) is 4.79 Å². The summed E-state index contributed by atoms with van der Waals surface area (Å²) in [5.74, 6) is -2.02. The number of nitrogens with zero attached hydrogens (tertiary/aromatic N) is 2. The van der Waals surface area contributed by atoms with E-state index in [1.54, 1.807) is 53.4 Å². The van der Waals surface area contributed by atoms with E-state index in [9.17, 15) is 19.5 Å². The molecule has 1 atom stereocenters. The normalized spacial score (nSPS) is 15.3. The third kappa shape index (κ3) is 3.43. The molecule has 0 radical (unpaired) electrons. The van der Waals surface area contributed by atoms with Gasteiger partial charge in [0.15, 0.2) is 0 Å². The Kier molecular flexibility index (Phi) is 5.26. The minimum absolute atomic E-state index is 0.0727. The molecule has 2 aromatic rings. The Bertz CT molecular complexity index is 872. The van der Waals surface area contributed by atoms with Gasteiger partial charge in [0.25, 0.3) is 11.8 Å². The van der Waals surface area contributed by atoms with E-state index < -0.39 is 11.9 Å². The zero-order valence-corrected chi connectivity index (χ0v) is 15.4. The Balaban J connectivity index is 1.85. The number of fused-ring (bicyclic) bond motifs is 1. The molecule has 140 valence electrons. The number of carboxylic acid groups (broad SMARTS) is 1. The summed E-state index contributed by atoms with van der Waals surface area (Å²) in [6, 6.07) is 13.6. The fourth-order valence-electron chi connectivity index (χ4n) is 3.42. The van der Waals surface area contributed by atoms with Crippen molar-refractivity contribution in [2.24, 2.45) is 0 Å². The van der Waals surface area contributed by atoms with Crippen LogP contribution in [0.15, 0.2) is 48.5 Å². The molecular weight excluding hydrogens is 344 g/mol. The molecule has 0 saturated heterocycles. The molecule has 1 aliphatic rings. The van der Waals surface area contributed by atoms with Crippen molar-refractivity contribution in [3.05, 3.63) is 65.2 Å². The van der Waals surface area contributed by atoms with Gasteiger partial charge in [0.1, 0.15) is 5.92 Å². The number of carbonyl (C=O) groups is 3. The fraction of sp³-hybridized carbons (Fsp3) is 0.286. The number of rotatable bonds is 5. The Morgan fingerprint density at radius 2 is 1.59 bits per heavy atom. The van der Waals surface area contributed by atoms with Crippen LogP contribution < -0.4 is 4.90 Å². The molecule has 1 unspecified atom stereocenters. The van der Waals surface area contributed by atoms with Gasteiger partial charge in [-0.05, 0) is 49.7 Å². The predicted octanol–water partition coefficient (Wildman–Crippen LogP) is 3.00. The predicted molar refractivity (Wildman–Crippen MR) is 102 cm³/mol. The Morgan fingerprint density at radius 1 is 1.00 bits per heavy atom. The summed E-state index contributed by atoms with van der Waals surface area (Å²) in [7, 11) is 0. The van der Waals surface area contributed by atoms with Gasteiger partial charge in [-0.1, -0.05) is 18.2 Å². The van der Waals surface area contributed by atoms with Gasteiger partial charge in [-0.25, -0.2) is 0 Å². The van der Waals surface area contributed by atoms with E-state index in [4.69, 9.17) is 0 Å². The van der Waals surface area contributed by atoms with Crippen molar-refractivity contribution < 1.29 is 19.5 Å². The zero-order chi connectivity index (χ0) is 19.6. The molecule has 0 aromatic heterocycles. The summed E-state index contributed by atoms with van der Waals surface area (Å²) in [6.45, 7) is 5.19. The minimum Gasteiger partial charge on any atom is -0.481 e. The van der Waals surface area contributed by atoms with Gasteiger partial charge in [0.2, 0.25) is 0 Å². The average Bonchev–Trinajstić information content (AvgIpc) is 3.08. The Morgan fingerprint density at radius 3 is 2.19 bits per heavy atom. The summed E-state index contributed by atoms with van der Waals surface area (Å²) in [4.78, 5) is 40.1. The smallest absolute Gasteiger partial charge is 0.312 e. The molecule has 27 heavy (non-hydrogen) atoms. The number of carboxylic acids is 1. The van der Waals surface area contributed by atoms with E-state index in [1.165, 1.54) is 4.90 Å². The molecule has 2 amide bonds. The first kappa shape index (κ1) is 18.6. The molecule has 1 aliphatic heterocycles. The van der Waals surface area contributed by atoms with Gasteiger partial charge in [0, 0.05) is 36.4 Å². The van der Waals surface area contributed by atoms with Crippen molar-refractivity contribution in [2.45, 2.75) is 19.8 Å². The molecule has 1 N–H and O–H groups in total. The summed E-state index contributed by atoms with van der Waals surface area (Å²) in [5, 5.41) is 9.45. The first-order chi connectivity index (χ1) is 13.0. The second-order valence-corrected chi connectivity index (χ2v) is 6.42. The van der Waals surface area contributed by atoms with Crippen LogP contribution in [0.25, 0.3) is 0 Å². The van der Waals surface area contributed by atoms with Crippen LogP contribution in [-0.4, -0.2) is 47.4 Å². The number of anilines is 1. The van der Waals surface area contributed by atoms with E-state index in [0.29, 0.717) is 35.5 Å². The molecule has 0 fully saturated rings. The van der Waals surface area contributed by atoms with Gasteiger partial charge in [-0.3, -0.25) is 14.4 Å². The highest BCUT2D eigenvalue weighted by molar-refractivity contribution is 6.09.